The number of carbonyl (C=O) groups is 2. The van der Waals surface area contributed by atoms with Gasteiger partial charge in [0, 0.05) is 6.42 Å². The fraction of sp³-hybridized carbons (Fsp3) is 0.208. The molecule has 9 heteroatoms. The molecule has 172 valence electrons. The lowest BCUT2D eigenvalue weighted by molar-refractivity contribution is -0.138. The second-order valence-electron chi connectivity index (χ2n) is 6.83. The van der Waals surface area contributed by atoms with Gasteiger partial charge in [-0.3, -0.25) is 4.79 Å². The van der Waals surface area contributed by atoms with Crippen LogP contribution in [0.5, 0.6) is 5.75 Å². The van der Waals surface area contributed by atoms with Crippen LogP contribution in [0.3, 0.4) is 0 Å². The van der Waals surface area contributed by atoms with Gasteiger partial charge in [-0.25, -0.2) is 9.79 Å². The highest BCUT2D eigenvalue weighted by atomic mass is 35.5. The Morgan fingerprint density at radius 3 is 2.45 bits per heavy atom. The largest absolute Gasteiger partial charge is 0.506 e. The van der Waals surface area contributed by atoms with E-state index < -0.39 is 11.9 Å². The lowest BCUT2D eigenvalue weighted by Gasteiger charge is -2.07. The predicted molar refractivity (Wildman–Crippen MR) is 132 cm³/mol. The van der Waals surface area contributed by atoms with Gasteiger partial charge in [0.1, 0.15) is 28.7 Å². The number of ether oxygens (including phenoxy) is 2. The molecule has 0 saturated heterocycles. The number of hydrogen-bond donors (Lipinski definition) is 1. The minimum absolute atomic E-state index is 0.100. The van der Waals surface area contributed by atoms with Gasteiger partial charge in [0.2, 0.25) is 5.91 Å². The number of esters is 1. The van der Waals surface area contributed by atoms with E-state index in [1.165, 1.54) is 0 Å². The summed E-state index contributed by atoms with van der Waals surface area (Å²) >= 11 is 13.0. The minimum Gasteiger partial charge on any atom is -0.506 e. The third kappa shape index (κ3) is 6.41. The molecule has 0 fully saturated rings. The van der Waals surface area contributed by atoms with Gasteiger partial charge >= 0.3 is 5.97 Å². The van der Waals surface area contributed by atoms with Crippen molar-refractivity contribution in [3.8, 4) is 5.75 Å². The number of nitrogens with zero attached hydrogens (tertiary/aromatic N) is 1. The average Bonchev–Trinajstić information content (AvgIpc) is 3.10. The van der Waals surface area contributed by atoms with E-state index in [0.29, 0.717) is 27.3 Å². The van der Waals surface area contributed by atoms with Crippen molar-refractivity contribution in [2.75, 3.05) is 6.61 Å². The second-order valence-corrected chi connectivity index (χ2v) is 8.67. The Bertz CT molecular complexity index is 1160. The Morgan fingerprint density at radius 1 is 1.09 bits per heavy atom. The van der Waals surface area contributed by atoms with E-state index in [-0.39, 0.29) is 29.4 Å². The monoisotopic (exact) mass is 505 g/mol. The molecule has 0 unspecified atom stereocenters. The first-order valence-electron chi connectivity index (χ1n) is 10.1. The maximum atomic E-state index is 12.3. The summed E-state index contributed by atoms with van der Waals surface area (Å²) in [5.74, 6) is -0.734. The molecule has 1 N–H and O–H groups in total. The lowest BCUT2D eigenvalue weighted by atomic mass is 10.1. The van der Waals surface area contributed by atoms with Crippen LogP contribution in [-0.4, -0.2) is 28.6 Å². The van der Waals surface area contributed by atoms with Crippen molar-refractivity contribution in [1.82, 2.24) is 0 Å². The van der Waals surface area contributed by atoms with Crippen molar-refractivity contribution < 1.29 is 24.2 Å². The van der Waals surface area contributed by atoms with Crippen LogP contribution in [0.1, 0.15) is 31.4 Å². The molecular formula is C24H21Cl2NO5S. The number of hydrogen-bond acceptors (Lipinski definition) is 6. The van der Waals surface area contributed by atoms with Crippen molar-refractivity contribution in [3.05, 3.63) is 79.9 Å². The minimum atomic E-state index is -0.723. The van der Waals surface area contributed by atoms with Crippen LogP contribution in [0.2, 0.25) is 10.0 Å². The smallest absolute Gasteiger partial charge is 0.344 e. The van der Waals surface area contributed by atoms with Crippen LogP contribution in [0.15, 0.2) is 63.7 Å². The number of carbonyl (C=O) groups excluding carboxylic acids is 2. The number of aliphatic hydroxyl groups is 1. The van der Waals surface area contributed by atoms with E-state index in [9.17, 15) is 14.7 Å². The molecule has 0 saturated carbocycles. The molecule has 0 aromatic heterocycles. The summed E-state index contributed by atoms with van der Waals surface area (Å²) in [5.41, 5.74) is 1.54. The average molecular weight is 506 g/mol. The summed E-state index contributed by atoms with van der Waals surface area (Å²) in [6.45, 7) is 3.79. The van der Waals surface area contributed by atoms with Crippen LogP contribution in [0, 0.1) is 0 Å². The van der Waals surface area contributed by atoms with E-state index >= 15 is 0 Å². The van der Waals surface area contributed by atoms with Crippen LogP contribution >= 0.6 is 35.0 Å². The first-order chi connectivity index (χ1) is 15.8. The van der Waals surface area contributed by atoms with Gasteiger partial charge in [0.25, 0.3) is 0 Å². The van der Waals surface area contributed by atoms with Gasteiger partial charge in [0.05, 0.1) is 21.6 Å². The predicted octanol–water partition coefficient (Wildman–Crippen LogP) is 6.37. The Balaban J connectivity index is 1.77. The zero-order valence-electron chi connectivity index (χ0n) is 17.9. The van der Waals surface area contributed by atoms with Crippen LogP contribution in [0.4, 0.5) is 0 Å². The number of halogens is 2. The molecule has 6 nitrogen and oxygen atoms in total. The number of rotatable bonds is 7. The van der Waals surface area contributed by atoms with Crippen molar-refractivity contribution >= 4 is 58.0 Å². The first-order valence-corrected chi connectivity index (χ1v) is 11.7. The molecule has 2 aromatic rings. The Hall–Kier alpha value is -2.74. The molecule has 33 heavy (non-hydrogen) atoms. The fourth-order valence-electron chi connectivity index (χ4n) is 2.79. The van der Waals surface area contributed by atoms with E-state index in [0.717, 1.165) is 22.9 Å². The molecule has 0 spiro atoms. The van der Waals surface area contributed by atoms with Crippen molar-refractivity contribution in [2.24, 2.45) is 4.99 Å². The number of benzene rings is 2. The number of aliphatic imine (C=N–C) groups is 1. The molecule has 0 atom stereocenters. The van der Waals surface area contributed by atoms with Crippen molar-refractivity contribution in [3.63, 3.8) is 0 Å². The lowest BCUT2D eigenvalue weighted by Crippen LogP contribution is -2.14. The molecular weight excluding hydrogens is 485 g/mol. The van der Waals surface area contributed by atoms with Crippen LogP contribution in [0.25, 0.3) is 6.08 Å². The van der Waals surface area contributed by atoms with Gasteiger partial charge in [-0.2, -0.15) is 0 Å². The highest BCUT2D eigenvalue weighted by Gasteiger charge is 2.33. The third-order valence-corrected chi connectivity index (χ3v) is 6.23. The number of amides is 1. The summed E-state index contributed by atoms with van der Waals surface area (Å²) in [6.07, 6.45) is 1.88. The molecule has 1 amide bonds. The Morgan fingerprint density at radius 2 is 1.82 bits per heavy atom. The molecule has 0 bridgehead atoms. The summed E-state index contributed by atoms with van der Waals surface area (Å²) in [6, 6.07) is 12.5. The first kappa shape index (κ1) is 24.9. The molecule has 3 rings (SSSR count). The zero-order valence-corrected chi connectivity index (χ0v) is 20.3. The number of thioether (sulfide) groups is 1. The Kier molecular flexibility index (Phi) is 8.61. The summed E-state index contributed by atoms with van der Waals surface area (Å²) in [5, 5.41) is 11.7. The van der Waals surface area contributed by atoms with Gasteiger partial charge < -0.3 is 14.6 Å². The standard InChI is InChI=1S/C24H21Cl2NO5S/c1-3-20(28)27-23-21(24(30)31-4-2)22(29)19(33-23)12-14-5-8-16(9-6-14)32-13-15-7-10-17(25)18(26)11-15/h5-12,29H,3-4,13H2,1-2H3/b19-12-,27-23?. The van der Waals surface area contributed by atoms with E-state index in [2.05, 4.69) is 4.99 Å². The van der Waals surface area contributed by atoms with E-state index in [1.807, 2.05) is 6.07 Å². The van der Waals surface area contributed by atoms with E-state index in [4.69, 9.17) is 32.7 Å². The molecule has 2 aromatic carbocycles. The van der Waals surface area contributed by atoms with Crippen molar-refractivity contribution in [2.45, 2.75) is 26.9 Å². The molecule has 0 radical (unpaired) electrons. The molecule has 1 heterocycles. The normalized spacial score (nSPS) is 15.9. The van der Waals surface area contributed by atoms with Gasteiger partial charge in [-0.05, 0) is 48.4 Å². The van der Waals surface area contributed by atoms with E-state index in [1.54, 1.807) is 56.3 Å². The summed E-state index contributed by atoms with van der Waals surface area (Å²) < 4.78 is 10.8. The quantitative estimate of drug-likeness (QED) is 0.440. The number of aliphatic hydroxyl groups excluding tert-OH is 1. The fourth-order valence-corrected chi connectivity index (χ4v) is 4.14. The molecule has 0 aliphatic carbocycles. The van der Waals surface area contributed by atoms with Crippen LogP contribution in [-0.2, 0) is 20.9 Å². The van der Waals surface area contributed by atoms with Crippen molar-refractivity contribution in [1.29, 1.82) is 0 Å². The molecule has 1 aliphatic heterocycles. The van der Waals surface area contributed by atoms with Gasteiger partial charge in [-0.15, -0.1) is 0 Å². The Labute approximate surface area is 205 Å². The summed E-state index contributed by atoms with van der Waals surface area (Å²) in [7, 11) is 0. The highest BCUT2D eigenvalue weighted by Crippen LogP contribution is 2.39. The zero-order chi connectivity index (χ0) is 24.0. The second kappa shape index (κ2) is 11.4. The third-order valence-electron chi connectivity index (χ3n) is 4.47. The topological polar surface area (TPSA) is 85.2 Å². The molecule has 1 aliphatic rings. The van der Waals surface area contributed by atoms with Gasteiger partial charge in [0.15, 0.2) is 0 Å². The van der Waals surface area contributed by atoms with Crippen LogP contribution < -0.4 is 4.74 Å². The summed E-state index contributed by atoms with van der Waals surface area (Å²) in [4.78, 5) is 28.4. The highest BCUT2D eigenvalue weighted by molar-refractivity contribution is 8.18. The van der Waals surface area contributed by atoms with Gasteiger partial charge in [-0.1, -0.05) is 60.1 Å². The SMILES string of the molecule is CCOC(=O)C1=C(O)/C(=C/c2ccc(OCc3ccc(Cl)c(Cl)c3)cc2)SC1=NC(=O)CC. The maximum absolute atomic E-state index is 12.3. The maximum Gasteiger partial charge on any atom is 0.344 e.